The first kappa shape index (κ1) is 13.3. The average molecular weight is 285 g/mol. The van der Waals surface area contributed by atoms with Crippen molar-refractivity contribution in [3.05, 3.63) is 35.6 Å². The number of rotatable bonds is 3. The fraction of sp³-hybridized carbons (Fsp3) is 0.529. The molecule has 21 heavy (non-hydrogen) atoms. The molecule has 2 fully saturated rings. The molecule has 1 atom stereocenters. The van der Waals surface area contributed by atoms with Crippen LogP contribution >= 0.6 is 0 Å². The van der Waals surface area contributed by atoms with Crippen molar-refractivity contribution in [2.45, 2.75) is 32.0 Å². The highest BCUT2D eigenvalue weighted by atomic mass is 16.3. The lowest BCUT2D eigenvalue weighted by molar-refractivity contribution is 0.0943. The molecule has 2 aliphatic rings. The fourth-order valence-electron chi connectivity index (χ4n) is 3.90. The molecule has 1 unspecified atom stereocenters. The van der Waals surface area contributed by atoms with E-state index in [1.165, 1.54) is 43.4 Å². The molecule has 1 aromatic heterocycles. The third-order valence-corrected chi connectivity index (χ3v) is 5.02. The van der Waals surface area contributed by atoms with E-state index >= 15 is 0 Å². The van der Waals surface area contributed by atoms with Crippen molar-refractivity contribution in [1.29, 1.82) is 0 Å². The summed E-state index contributed by atoms with van der Waals surface area (Å²) in [6, 6.07) is 8.97. The standard InChI is InChI=1S/C17H23N3O/c18-10-15-14-5-1-2-6-16(14)21-17(15)12-19-8-9-20-7-3-4-13(20)11-19/h1-2,5-6,13H,3-4,7-12,18H2. The maximum absolute atomic E-state index is 6.07. The zero-order valence-corrected chi connectivity index (χ0v) is 12.4. The fourth-order valence-corrected chi connectivity index (χ4v) is 3.90. The Morgan fingerprint density at radius 2 is 2.10 bits per heavy atom. The van der Waals surface area contributed by atoms with Gasteiger partial charge in [-0.15, -0.1) is 0 Å². The summed E-state index contributed by atoms with van der Waals surface area (Å²) in [5.74, 6) is 1.06. The lowest BCUT2D eigenvalue weighted by Crippen LogP contribution is -2.49. The minimum Gasteiger partial charge on any atom is -0.459 e. The van der Waals surface area contributed by atoms with Gasteiger partial charge in [0, 0.05) is 43.2 Å². The molecule has 2 aliphatic heterocycles. The minimum absolute atomic E-state index is 0.551. The highest BCUT2D eigenvalue weighted by Crippen LogP contribution is 2.28. The summed E-state index contributed by atoms with van der Waals surface area (Å²) < 4.78 is 6.07. The average Bonchev–Trinajstić information content (AvgIpc) is 3.10. The summed E-state index contributed by atoms with van der Waals surface area (Å²) in [6.45, 7) is 6.24. The maximum atomic E-state index is 6.07. The van der Waals surface area contributed by atoms with E-state index in [0.717, 1.165) is 30.5 Å². The molecule has 2 N–H and O–H groups in total. The van der Waals surface area contributed by atoms with E-state index in [1.54, 1.807) is 0 Å². The lowest BCUT2D eigenvalue weighted by atomic mass is 10.1. The number of furan rings is 1. The number of fused-ring (bicyclic) bond motifs is 2. The van der Waals surface area contributed by atoms with Gasteiger partial charge in [-0.05, 0) is 25.5 Å². The number of hydrogen-bond acceptors (Lipinski definition) is 4. The normalized spacial score (nSPS) is 23.8. The van der Waals surface area contributed by atoms with Gasteiger partial charge < -0.3 is 10.2 Å². The van der Waals surface area contributed by atoms with Crippen LogP contribution in [0, 0.1) is 0 Å². The van der Waals surface area contributed by atoms with Gasteiger partial charge in [-0.3, -0.25) is 9.80 Å². The molecular formula is C17H23N3O. The van der Waals surface area contributed by atoms with Crippen LogP contribution < -0.4 is 5.73 Å². The maximum Gasteiger partial charge on any atom is 0.134 e. The SMILES string of the molecule is NCc1c(CN2CCN3CCCC3C2)oc2ccccc12. The second-order valence-corrected chi connectivity index (χ2v) is 6.27. The van der Waals surface area contributed by atoms with Gasteiger partial charge >= 0.3 is 0 Å². The molecule has 0 radical (unpaired) electrons. The van der Waals surface area contributed by atoms with Gasteiger partial charge in [-0.1, -0.05) is 18.2 Å². The number of nitrogens with zero attached hydrogens (tertiary/aromatic N) is 2. The van der Waals surface area contributed by atoms with Crippen LogP contribution in [0.2, 0.25) is 0 Å². The number of nitrogens with two attached hydrogens (primary N) is 1. The minimum atomic E-state index is 0.551. The molecule has 2 saturated heterocycles. The van der Waals surface area contributed by atoms with Crippen LogP contribution in [-0.2, 0) is 13.1 Å². The molecule has 0 amide bonds. The van der Waals surface area contributed by atoms with Crippen LogP contribution in [0.5, 0.6) is 0 Å². The first-order chi connectivity index (χ1) is 10.3. The molecule has 0 aliphatic carbocycles. The monoisotopic (exact) mass is 285 g/mol. The second-order valence-electron chi connectivity index (χ2n) is 6.27. The van der Waals surface area contributed by atoms with Crippen molar-refractivity contribution in [2.75, 3.05) is 26.2 Å². The number of benzene rings is 1. The Hall–Kier alpha value is -1.36. The topological polar surface area (TPSA) is 45.6 Å². The number of para-hydroxylation sites is 1. The van der Waals surface area contributed by atoms with E-state index < -0.39 is 0 Å². The zero-order chi connectivity index (χ0) is 14.2. The first-order valence-corrected chi connectivity index (χ1v) is 8.01. The van der Waals surface area contributed by atoms with Gasteiger partial charge in [0.2, 0.25) is 0 Å². The van der Waals surface area contributed by atoms with Crippen LogP contribution in [0.4, 0.5) is 0 Å². The summed E-state index contributed by atoms with van der Waals surface area (Å²) >= 11 is 0. The third-order valence-electron chi connectivity index (χ3n) is 5.02. The summed E-state index contributed by atoms with van der Waals surface area (Å²) in [5, 5.41) is 1.18. The molecule has 112 valence electrons. The first-order valence-electron chi connectivity index (χ1n) is 8.01. The summed E-state index contributed by atoms with van der Waals surface area (Å²) in [7, 11) is 0. The van der Waals surface area contributed by atoms with Crippen molar-refractivity contribution in [3.63, 3.8) is 0 Å². The molecule has 4 heteroatoms. The van der Waals surface area contributed by atoms with Gasteiger partial charge in [0.25, 0.3) is 0 Å². The van der Waals surface area contributed by atoms with Crippen LogP contribution in [0.25, 0.3) is 11.0 Å². The van der Waals surface area contributed by atoms with E-state index in [-0.39, 0.29) is 0 Å². The largest absolute Gasteiger partial charge is 0.459 e. The molecule has 0 spiro atoms. The van der Waals surface area contributed by atoms with Gasteiger partial charge in [-0.2, -0.15) is 0 Å². The van der Waals surface area contributed by atoms with Crippen molar-refractivity contribution in [3.8, 4) is 0 Å². The van der Waals surface area contributed by atoms with Crippen molar-refractivity contribution >= 4 is 11.0 Å². The Labute approximate surface area is 125 Å². The van der Waals surface area contributed by atoms with Gasteiger partial charge in [0.1, 0.15) is 11.3 Å². The van der Waals surface area contributed by atoms with E-state index in [1.807, 2.05) is 12.1 Å². The van der Waals surface area contributed by atoms with Gasteiger partial charge in [0.15, 0.2) is 0 Å². The van der Waals surface area contributed by atoms with Crippen molar-refractivity contribution < 1.29 is 4.42 Å². The van der Waals surface area contributed by atoms with Gasteiger partial charge in [0.05, 0.1) is 6.54 Å². The molecule has 4 rings (SSSR count). The number of piperazine rings is 1. The molecule has 2 aromatic rings. The summed E-state index contributed by atoms with van der Waals surface area (Å²) in [5.41, 5.74) is 8.11. The Morgan fingerprint density at radius 3 is 3.00 bits per heavy atom. The Morgan fingerprint density at radius 1 is 1.19 bits per heavy atom. The summed E-state index contributed by atoms with van der Waals surface area (Å²) in [6.07, 6.45) is 2.71. The lowest BCUT2D eigenvalue weighted by Gasteiger charge is -2.37. The smallest absolute Gasteiger partial charge is 0.134 e. The second kappa shape index (κ2) is 5.44. The predicted molar refractivity (Wildman–Crippen MR) is 84.0 cm³/mol. The summed E-state index contributed by atoms with van der Waals surface area (Å²) in [4.78, 5) is 5.17. The van der Waals surface area contributed by atoms with Gasteiger partial charge in [-0.25, -0.2) is 0 Å². The Kier molecular flexibility index (Phi) is 3.45. The van der Waals surface area contributed by atoms with Crippen LogP contribution in [0.3, 0.4) is 0 Å². The molecule has 4 nitrogen and oxygen atoms in total. The number of hydrogen-bond donors (Lipinski definition) is 1. The molecule has 0 saturated carbocycles. The highest BCUT2D eigenvalue weighted by Gasteiger charge is 2.31. The Balaban J connectivity index is 1.56. The molecule has 0 bridgehead atoms. The molecular weight excluding hydrogens is 262 g/mol. The van der Waals surface area contributed by atoms with E-state index in [2.05, 4.69) is 21.9 Å². The van der Waals surface area contributed by atoms with E-state index in [9.17, 15) is 0 Å². The van der Waals surface area contributed by atoms with Crippen molar-refractivity contribution in [2.24, 2.45) is 5.73 Å². The third kappa shape index (κ3) is 2.37. The quantitative estimate of drug-likeness (QED) is 0.939. The van der Waals surface area contributed by atoms with Crippen LogP contribution in [-0.4, -0.2) is 42.0 Å². The highest BCUT2D eigenvalue weighted by molar-refractivity contribution is 5.82. The Bertz CT molecular complexity index is 636. The predicted octanol–water partition coefficient (Wildman–Crippen LogP) is 2.17. The van der Waals surface area contributed by atoms with E-state index in [0.29, 0.717) is 6.54 Å². The van der Waals surface area contributed by atoms with Crippen LogP contribution in [0.15, 0.2) is 28.7 Å². The molecule has 3 heterocycles. The van der Waals surface area contributed by atoms with Crippen molar-refractivity contribution in [1.82, 2.24) is 9.80 Å². The van der Waals surface area contributed by atoms with Crippen LogP contribution in [0.1, 0.15) is 24.2 Å². The van der Waals surface area contributed by atoms with E-state index in [4.69, 9.17) is 10.2 Å². The zero-order valence-electron chi connectivity index (χ0n) is 12.4. The molecule has 1 aromatic carbocycles.